The maximum absolute atomic E-state index is 3.52. The summed E-state index contributed by atoms with van der Waals surface area (Å²) in [5.74, 6) is 1.45. The highest BCUT2D eigenvalue weighted by atomic mass is 15.1. The molecular weight excluding hydrogens is 244 g/mol. The quantitative estimate of drug-likeness (QED) is 0.764. The molecule has 114 valence electrons. The van der Waals surface area contributed by atoms with Crippen LogP contribution in [0.4, 0.5) is 5.69 Å². The third-order valence-corrected chi connectivity index (χ3v) is 3.92. The van der Waals surface area contributed by atoms with E-state index in [1.54, 1.807) is 0 Å². The van der Waals surface area contributed by atoms with Crippen LogP contribution in [0.2, 0.25) is 0 Å². The molecule has 0 aliphatic carbocycles. The molecule has 1 N–H and O–H groups in total. The minimum absolute atomic E-state index is 0.705. The zero-order valence-corrected chi connectivity index (χ0v) is 14.2. The summed E-state index contributed by atoms with van der Waals surface area (Å²) in [6.07, 6.45) is 1.24. The average Bonchev–Trinajstić information content (AvgIpc) is 2.39. The first kappa shape index (κ1) is 17.0. The molecule has 1 unspecified atom stereocenters. The Balaban J connectivity index is 2.62. The minimum Gasteiger partial charge on any atom is -0.374 e. The molecule has 1 aromatic rings. The highest BCUT2D eigenvalue weighted by Gasteiger charge is 2.07. The van der Waals surface area contributed by atoms with Crippen molar-refractivity contribution in [2.75, 3.05) is 25.0 Å². The van der Waals surface area contributed by atoms with Gasteiger partial charge in [0.05, 0.1) is 0 Å². The first-order chi connectivity index (χ1) is 9.43. The first-order valence-electron chi connectivity index (χ1n) is 7.95. The molecule has 0 spiro atoms. The number of anilines is 1. The lowest BCUT2D eigenvalue weighted by atomic mass is 10.1. The molecule has 0 saturated carbocycles. The van der Waals surface area contributed by atoms with Crippen molar-refractivity contribution >= 4 is 5.69 Å². The molecule has 0 bridgehead atoms. The Hall–Kier alpha value is -1.02. The average molecular weight is 276 g/mol. The van der Waals surface area contributed by atoms with Crippen molar-refractivity contribution in [3.8, 4) is 0 Å². The summed E-state index contributed by atoms with van der Waals surface area (Å²) in [7, 11) is 2.19. The van der Waals surface area contributed by atoms with Gasteiger partial charge in [0, 0.05) is 25.8 Å². The lowest BCUT2D eigenvalue weighted by Gasteiger charge is -2.24. The zero-order valence-electron chi connectivity index (χ0n) is 14.2. The Kier molecular flexibility index (Phi) is 7.08. The fraction of sp³-hybridized carbons (Fsp3) is 0.667. The van der Waals surface area contributed by atoms with Crippen LogP contribution in [0.1, 0.15) is 45.2 Å². The van der Waals surface area contributed by atoms with Gasteiger partial charge >= 0.3 is 0 Å². The van der Waals surface area contributed by atoms with Crippen LogP contribution < -0.4 is 10.2 Å². The summed E-state index contributed by atoms with van der Waals surface area (Å²) in [4.78, 5) is 2.37. The van der Waals surface area contributed by atoms with Crippen molar-refractivity contribution in [2.24, 2.45) is 11.8 Å². The number of rotatable bonds is 8. The fourth-order valence-electron chi connectivity index (χ4n) is 2.31. The second-order valence-corrected chi connectivity index (χ2v) is 6.53. The zero-order chi connectivity index (χ0) is 15.1. The van der Waals surface area contributed by atoms with E-state index in [-0.39, 0.29) is 0 Å². The van der Waals surface area contributed by atoms with E-state index in [0.717, 1.165) is 25.6 Å². The molecule has 0 radical (unpaired) electrons. The Morgan fingerprint density at radius 3 is 2.45 bits per heavy atom. The number of nitrogens with one attached hydrogen (secondary N) is 1. The molecule has 0 saturated heterocycles. The van der Waals surface area contributed by atoms with Gasteiger partial charge in [-0.15, -0.1) is 0 Å². The molecule has 1 aromatic carbocycles. The van der Waals surface area contributed by atoms with Gasteiger partial charge in [0.2, 0.25) is 0 Å². The van der Waals surface area contributed by atoms with E-state index in [4.69, 9.17) is 0 Å². The van der Waals surface area contributed by atoms with Crippen molar-refractivity contribution in [3.05, 3.63) is 29.3 Å². The lowest BCUT2D eigenvalue weighted by Crippen LogP contribution is -2.24. The van der Waals surface area contributed by atoms with Gasteiger partial charge in [-0.3, -0.25) is 0 Å². The van der Waals surface area contributed by atoms with Crippen molar-refractivity contribution in [2.45, 2.75) is 47.6 Å². The summed E-state index contributed by atoms with van der Waals surface area (Å²) in [6.45, 7) is 14.4. The molecule has 0 aliphatic rings. The Labute approximate surface area is 125 Å². The summed E-state index contributed by atoms with van der Waals surface area (Å²) >= 11 is 0. The predicted molar refractivity (Wildman–Crippen MR) is 90.4 cm³/mol. The fourth-order valence-corrected chi connectivity index (χ4v) is 2.31. The van der Waals surface area contributed by atoms with Crippen LogP contribution in [0.3, 0.4) is 0 Å². The van der Waals surface area contributed by atoms with Crippen LogP contribution in [0.15, 0.2) is 18.2 Å². The summed E-state index contributed by atoms with van der Waals surface area (Å²) in [5, 5.41) is 3.52. The number of nitrogens with zero attached hydrogens (tertiary/aromatic N) is 1. The number of hydrogen-bond donors (Lipinski definition) is 1. The Morgan fingerprint density at radius 2 is 1.90 bits per heavy atom. The van der Waals surface area contributed by atoms with E-state index in [9.17, 15) is 0 Å². The van der Waals surface area contributed by atoms with Crippen molar-refractivity contribution in [1.82, 2.24) is 5.32 Å². The maximum atomic E-state index is 3.52. The second kappa shape index (κ2) is 8.31. The molecule has 2 nitrogen and oxygen atoms in total. The number of benzene rings is 1. The molecule has 20 heavy (non-hydrogen) atoms. The highest BCUT2D eigenvalue weighted by molar-refractivity contribution is 5.50. The third-order valence-electron chi connectivity index (χ3n) is 3.92. The van der Waals surface area contributed by atoms with E-state index in [1.165, 1.54) is 23.2 Å². The molecule has 0 aliphatic heterocycles. The van der Waals surface area contributed by atoms with Gasteiger partial charge in [0.25, 0.3) is 0 Å². The van der Waals surface area contributed by atoms with E-state index < -0.39 is 0 Å². The van der Waals surface area contributed by atoms with Gasteiger partial charge in [0.1, 0.15) is 0 Å². The Bertz CT molecular complexity index is 398. The normalized spacial score (nSPS) is 12.8. The van der Waals surface area contributed by atoms with Crippen LogP contribution in [0, 0.1) is 18.8 Å². The van der Waals surface area contributed by atoms with Crippen LogP contribution in [0.25, 0.3) is 0 Å². The van der Waals surface area contributed by atoms with E-state index in [2.05, 4.69) is 70.1 Å². The largest absolute Gasteiger partial charge is 0.374 e. The van der Waals surface area contributed by atoms with Crippen LogP contribution in [-0.4, -0.2) is 20.1 Å². The molecule has 0 heterocycles. The van der Waals surface area contributed by atoms with E-state index in [1.807, 2.05) is 0 Å². The Morgan fingerprint density at radius 1 is 1.20 bits per heavy atom. The summed E-state index contributed by atoms with van der Waals surface area (Å²) in [6, 6.07) is 6.83. The van der Waals surface area contributed by atoms with Gasteiger partial charge < -0.3 is 10.2 Å². The molecule has 1 rings (SSSR count). The SMILES string of the molecule is CCC(C)CN(C)c1ccc(CNCC(C)C)c(C)c1. The molecule has 0 aromatic heterocycles. The predicted octanol–water partition coefficient (Wildman–Crippen LogP) is 4.22. The van der Waals surface area contributed by atoms with Crippen LogP contribution in [-0.2, 0) is 6.54 Å². The lowest BCUT2D eigenvalue weighted by molar-refractivity contribution is 0.551. The second-order valence-electron chi connectivity index (χ2n) is 6.53. The molecule has 0 amide bonds. The molecule has 2 heteroatoms. The van der Waals surface area contributed by atoms with Gasteiger partial charge in [-0.1, -0.05) is 40.2 Å². The first-order valence-corrected chi connectivity index (χ1v) is 7.95. The minimum atomic E-state index is 0.705. The summed E-state index contributed by atoms with van der Waals surface area (Å²) < 4.78 is 0. The number of hydrogen-bond acceptors (Lipinski definition) is 2. The van der Waals surface area contributed by atoms with Gasteiger partial charge in [-0.25, -0.2) is 0 Å². The molecule has 0 fully saturated rings. The van der Waals surface area contributed by atoms with Gasteiger partial charge in [-0.2, -0.15) is 0 Å². The van der Waals surface area contributed by atoms with Crippen molar-refractivity contribution < 1.29 is 0 Å². The van der Waals surface area contributed by atoms with Crippen LogP contribution >= 0.6 is 0 Å². The third kappa shape index (κ3) is 5.54. The van der Waals surface area contributed by atoms with Crippen LogP contribution in [0.5, 0.6) is 0 Å². The standard InChI is InChI=1S/C18H32N2/c1-7-15(4)13-20(6)18-9-8-17(16(5)10-18)12-19-11-14(2)3/h8-10,14-15,19H,7,11-13H2,1-6H3. The monoisotopic (exact) mass is 276 g/mol. The maximum Gasteiger partial charge on any atom is 0.0366 e. The number of aryl methyl sites for hydroxylation is 1. The van der Waals surface area contributed by atoms with E-state index >= 15 is 0 Å². The van der Waals surface area contributed by atoms with Gasteiger partial charge in [0.15, 0.2) is 0 Å². The smallest absolute Gasteiger partial charge is 0.0366 e. The summed E-state index contributed by atoms with van der Waals surface area (Å²) in [5.41, 5.74) is 4.12. The molecule has 1 atom stereocenters. The molecular formula is C18H32N2. The van der Waals surface area contributed by atoms with Gasteiger partial charge in [-0.05, 0) is 48.6 Å². The highest BCUT2D eigenvalue weighted by Crippen LogP contribution is 2.19. The van der Waals surface area contributed by atoms with Crippen molar-refractivity contribution in [1.29, 1.82) is 0 Å². The topological polar surface area (TPSA) is 15.3 Å². The van der Waals surface area contributed by atoms with E-state index in [0.29, 0.717) is 5.92 Å². The van der Waals surface area contributed by atoms with Crippen molar-refractivity contribution in [3.63, 3.8) is 0 Å².